The Morgan fingerprint density at radius 3 is 2.94 bits per heavy atom. The zero-order valence-corrected chi connectivity index (χ0v) is 10.8. The minimum atomic E-state index is -0.353. The first-order valence-corrected chi connectivity index (χ1v) is 5.76. The van der Waals surface area contributed by atoms with Crippen LogP contribution < -0.4 is 10.1 Å². The van der Waals surface area contributed by atoms with Gasteiger partial charge in [-0.1, -0.05) is 11.6 Å². The Hall–Kier alpha value is -1.59. The van der Waals surface area contributed by atoms with Gasteiger partial charge in [0, 0.05) is 6.54 Å². The van der Waals surface area contributed by atoms with E-state index in [1.807, 2.05) is 0 Å². The van der Waals surface area contributed by atoms with E-state index in [9.17, 15) is 4.39 Å². The number of halogens is 2. The molecule has 0 amide bonds. The molecule has 0 bridgehead atoms. The molecule has 4 nitrogen and oxygen atoms in total. The Balaban J connectivity index is 2.47. The fourth-order valence-electron chi connectivity index (χ4n) is 1.67. The minimum absolute atomic E-state index is 0.353. The number of H-pyrrole nitrogens is 1. The monoisotopic (exact) mass is 269 g/mol. The van der Waals surface area contributed by atoms with E-state index < -0.39 is 0 Å². The molecule has 0 aliphatic rings. The van der Waals surface area contributed by atoms with Crippen LogP contribution in [0.15, 0.2) is 18.2 Å². The van der Waals surface area contributed by atoms with Gasteiger partial charge in [-0.05, 0) is 25.2 Å². The molecule has 1 aromatic carbocycles. The topological polar surface area (TPSA) is 49.9 Å². The van der Waals surface area contributed by atoms with E-state index in [1.54, 1.807) is 13.1 Å². The van der Waals surface area contributed by atoms with Crippen molar-refractivity contribution < 1.29 is 9.13 Å². The summed E-state index contributed by atoms with van der Waals surface area (Å²) in [4.78, 5) is 7.22. The first-order chi connectivity index (χ1) is 8.65. The lowest BCUT2D eigenvalue weighted by Gasteiger charge is -2.05. The standard InChI is InChI=1S/C12H13ClFN3O/c1-15-6-9-11(13)17-12(16-9)8-5-7(14)3-4-10(8)18-2/h3-5,15H,6H2,1-2H3,(H,16,17). The second-order valence-electron chi connectivity index (χ2n) is 3.73. The normalized spacial score (nSPS) is 10.7. The predicted molar refractivity (Wildman–Crippen MR) is 68.3 cm³/mol. The number of nitrogens with zero attached hydrogens (tertiary/aromatic N) is 1. The average molecular weight is 270 g/mol. The van der Waals surface area contributed by atoms with E-state index >= 15 is 0 Å². The molecule has 96 valence electrons. The molecule has 0 aliphatic heterocycles. The van der Waals surface area contributed by atoms with Gasteiger partial charge in [0.15, 0.2) is 5.15 Å². The van der Waals surface area contributed by atoms with Crippen molar-refractivity contribution in [3.63, 3.8) is 0 Å². The number of methoxy groups -OCH3 is 1. The van der Waals surface area contributed by atoms with Crippen molar-refractivity contribution in [2.24, 2.45) is 0 Å². The molecule has 2 N–H and O–H groups in total. The van der Waals surface area contributed by atoms with Gasteiger partial charge < -0.3 is 15.0 Å². The van der Waals surface area contributed by atoms with Crippen molar-refractivity contribution in [1.29, 1.82) is 0 Å². The van der Waals surface area contributed by atoms with Crippen LogP contribution in [0.25, 0.3) is 11.4 Å². The molecule has 2 aromatic rings. The Bertz CT molecular complexity index is 556. The summed E-state index contributed by atoms with van der Waals surface area (Å²) in [6.07, 6.45) is 0. The maximum Gasteiger partial charge on any atom is 0.152 e. The van der Waals surface area contributed by atoms with Crippen LogP contribution in [0, 0.1) is 5.82 Å². The smallest absolute Gasteiger partial charge is 0.152 e. The van der Waals surface area contributed by atoms with Crippen LogP contribution in [-0.2, 0) is 6.54 Å². The number of hydrogen-bond donors (Lipinski definition) is 2. The van der Waals surface area contributed by atoms with Crippen molar-refractivity contribution in [2.45, 2.75) is 6.54 Å². The van der Waals surface area contributed by atoms with Crippen LogP contribution in [-0.4, -0.2) is 24.1 Å². The molecule has 1 aromatic heterocycles. The third-order valence-electron chi connectivity index (χ3n) is 2.50. The van der Waals surface area contributed by atoms with Gasteiger partial charge in [-0.2, -0.15) is 0 Å². The van der Waals surface area contributed by atoms with E-state index in [1.165, 1.54) is 19.2 Å². The third kappa shape index (κ3) is 2.47. The summed E-state index contributed by atoms with van der Waals surface area (Å²) in [6.45, 7) is 0.559. The molecular weight excluding hydrogens is 257 g/mol. The van der Waals surface area contributed by atoms with Gasteiger partial charge in [0.1, 0.15) is 17.4 Å². The summed E-state index contributed by atoms with van der Waals surface area (Å²) in [7, 11) is 3.33. The molecule has 0 aliphatic carbocycles. The molecule has 6 heteroatoms. The quantitative estimate of drug-likeness (QED) is 0.897. The van der Waals surface area contributed by atoms with Gasteiger partial charge in [-0.3, -0.25) is 0 Å². The summed E-state index contributed by atoms with van der Waals surface area (Å²) in [5.41, 5.74) is 1.29. The van der Waals surface area contributed by atoms with Crippen LogP contribution in [0.5, 0.6) is 5.75 Å². The number of aromatic nitrogens is 2. The van der Waals surface area contributed by atoms with Gasteiger partial charge in [0.2, 0.25) is 0 Å². The van der Waals surface area contributed by atoms with E-state index in [0.29, 0.717) is 28.8 Å². The number of imidazole rings is 1. The molecule has 0 spiro atoms. The minimum Gasteiger partial charge on any atom is -0.496 e. The maximum absolute atomic E-state index is 13.3. The van der Waals surface area contributed by atoms with E-state index in [0.717, 1.165) is 5.69 Å². The van der Waals surface area contributed by atoms with E-state index in [-0.39, 0.29) is 5.82 Å². The average Bonchev–Trinajstić information content (AvgIpc) is 2.71. The highest BCUT2D eigenvalue weighted by atomic mass is 35.5. The fourth-order valence-corrected chi connectivity index (χ4v) is 1.87. The van der Waals surface area contributed by atoms with Crippen LogP contribution in [0.3, 0.4) is 0 Å². The largest absolute Gasteiger partial charge is 0.496 e. The van der Waals surface area contributed by atoms with Crippen LogP contribution >= 0.6 is 11.6 Å². The zero-order valence-electron chi connectivity index (χ0n) is 10.1. The lowest BCUT2D eigenvalue weighted by Crippen LogP contribution is -2.05. The number of nitrogens with one attached hydrogen (secondary N) is 2. The van der Waals surface area contributed by atoms with Gasteiger partial charge in [0.05, 0.1) is 18.4 Å². The van der Waals surface area contributed by atoms with Crippen molar-refractivity contribution >= 4 is 11.6 Å². The molecular formula is C12H13ClFN3O. The molecule has 0 unspecified atom stereocenters. The second-order valence-corrected chi connectivity index (χ2v) is 4.09. The van der Waals surface area contributed by atoms with Gasteiger partial charge in [-0.15, -0.1) is 0 Å². The molecule has 0 saturated heterocycles. The first-order valence-electron chi connectivity index (χ1n) is 5.38. The van der Waals surface area contributed by atoms with Crippen LogP contribution in [0.2, 0.25) is 5.15 Å². The molecule has 0 atom stereocenters. The molecule has 2 rings (SSSR count). The van der Waals surface area contributed by atoms with Gasteiger partial charge in [0.25, 0.3) is 0 Å². The lowest BCUT2D eigenvalue weighted by atomic mass is 10.2. The first kappa shape index (κ1) is 12.9. The van der Waals surface area contributed by atoms with Crippen molar-refractivity contribution in [1.82, 2.24) is 15.3 Å². The predicted octanol–water partition coefficient (Wildman–Crippen LogP) is 2.60. The SMILES string of the molecule is CNCc1[nH]c(-c2cc(F)ccc2OC)nc1Cl. The summed E-state index contributed by atoms with van der Waals surface area (Å²) in [5.74, 6) is 0.674. The number of rotatable bonds is 4. The molecule has 0 saturated carbocycles. The number of ether oxygens (including phenoxy) is 1. The highest BCUT2D eigenvalue weighted by molar-refractivity contribution is 6.30. The number of aromatic amines is 1. The van der Waals surface area contributed by atoms with Crippen molar-refractivity contribution in [3.8, 4) is 17.1 Å². The number of benzene rings is 1. The highest BCUT2D eigenvalue weighted by Crippen LogP contribution is 2.30. The molecule has 0 fully saturated rings. The van der Waals surface area contributed by atoms with Crippen LogP contribution in [0.4, 0.5) is 4.39 Å². The van der Waals surface area contributed by atoms with E-state index in [4.69, 9.17) is 16.3 Å². The molecule has 0 radical (unpaired) electrons. The Labute approximate surface area is 109 Å². The number of hydrogen-bond acceptors (Lipinski definition) is 3. The molecule has 1 heterocycles. The fraction of sp³-hybridized carbons (Fsp3) is 0.250. The maximum atomic E-state index is 13.3. The summed E-state index contributed by atoms with van der Waals surface area (Å²) >= 11 is 5.99. The van der Waals surface area contributed by atoms with Gasteiger partial charge >= 0.3 is 0 Å². The summed E-state index contributed by atoms with van der Waals surface area (Å²) in [5, 5.41) is 3.33. The Kier molecular flexibility index (Phi) is 3.84. The van der Waals surface area contributed by atoms with Crippen molar-refractivity contribution in [2.75, 3.05) is 14.2 Å². The van der Waals surface area contributed by atoms with Gasteiger partial charge in [-0.25, -0.2) is 9.37 Å². The summed E-state index contributed by atoms with van der Waals surface area (Å²) in [6, 6.07) is 4.25. The van der Waals surface area contributed by atoms with Crippen LogP contribution in [0.1, 0.15) is 5.69 Å². The second kappa shape index (κ2) is 5.37. The lowest BCUT2D eigenvalue weighted by molar-refractivity contribution is 0.415. The Morgan fingerprint density at radius 2 is 2.28 bits per heavy atom. The summed E-state index contributed by atoms with van der Waals surface area (Å²) < 4.78 is 18.5. The zero-order chi connectivity index (χ0) is 13.1. The Morgan fingerprint density at radius 1 is 1.50 bits per heavy atom. The van der Waals surface area contributed by atoms with E-state index in [2.05, 4.69) is 15.3 Å². The third-order valence-corrected chi connectivity index (χ3v) is 2.81. The molecule has 18 heavy (non-hydrogen) atoms. The highest BCUT2D eigenvalue weighted by Gasteiger charge is 2.14. The van der Waals surface area contributed by atoms with Crippen molar-refractivity contribution in [3.05, 3.63) is 34.9 Å².